The van der Waals surface area contributed by atoms with Gasteiger partial charge in [0.15, 0.2) is 5.13 Å². The molecule has 1 saturated heterocycles. The Morgan fingerprint density at radius 1 is 1.03 bits per heavy atom. The van der Waals surface area contributed by atoms with Gasteiger partial charge in [0.05, 0.1) is 30.5 Å². The lowest BCUT2D eigenvalue weighted by Crippen LogP contribution is -2.29. The number of nitrogens with zero attached hydrogens (tertiary/aromatic N) is 2. The Kier molecular flexibility index (Phi) is 7.21. The standard InChI is InChI=1S/C27H26N2O6S/c1-5-34-19-13-11-17(12-14-19)21-20(22(30)18-9-7-15(3)8-10-18)23(31)25(32)29(21)27-28-16(4)24(36-27)26(33)35-6-2/h7-14,21,30H,5-6H2,1-4H3/t21-/m1/s1. The van der Waals surface area contributed by atoms with E-state index >= 15 is 0 Å². The van der Waals surface area contributed by atoms with E-state index in [1.807, 2.05) is 26.0 Å². The number of Topliss-reactive ketones (excluding diaryl/α,β-unsaturated/α-hetero) is 1. The Bertz CT molecular complexity index is 1340. The van der Waals surface area contributed by atoms with E-state index < -0.39 is 23.7 Å². The van der Waals surface area contributed by atoms with Crippen molar-refractivity contribution >= 4 is 39.9 Å². The van der Waals surface area contributed by atoms with Crippen LogP contribution in [0.4, 0.5) is 5.13 Å². The molecule has 1 N–H and O–H groups in total. The van der Waals surface area contributed by atoms with Crippen molar-refractivity contribution in [3.05, 3.63) is 81.4 Å². The number of rotatable bonds is 7. The molecule has 8 nitrogen and oxygen atoms in total. The molecule has 1 aliphatic rings. The first-order valence-corrected chi connectivity index (χ1v) is 12.3. The molecule has 0 spiro atoms. The van der Waals surface area contributed by atoms with E-state index in [2.05, 4.69) is 4.98 Å². The van der Waals surface area contributed by atoms with Gasteiger partial charge in [-0.2, -0.15) is 0 Å². The Balaban J connectivity index is 1.88. The smallest absolute Gasteiger partial charge is 0.350 e. The molecule has 4 rings (SSSR count). The molecule has 0 unspecified atom stereocenters. The number of esters is 1. The molecule has 1 aliphatic heterocycles. The summed E-state index contributed by atoms with van der Waals surface area (Å²) in [4.78, 5) is 44.9. The first-order chi connectivity index (χ1) is 17.3. The first kappa shape index (κ1) is 25.1. The fourth-order valence-corrected chi connectivity index (χ4v) is 4.98. The highest BCUT2D eigenvalue weighted by atomic mass is 32.1. The summed E-state index contributed by atoms with van der Waals surface area (Å²) in [6.45, 7) is 7.80. The van der Waals surface area contributed by atoms with Crippen LogP contribution in [0.1, 0.15) is 51.9 Å². The first-order valence-electron chi connectivity index (χ1n) is 11.5. The van der Waals surface area contributed by atoms with Gasteiger partial charge in [-0.25, -0.2) is 9.78 Å². The van der Waals surface area contributed by atoms with Crippen LogP contribution in [0.15, 0.2) is 54.1 Å². The van der Waals surface area contributed by atoms with E-state index in [9.17, 15) is 19.5 Å². The lowest BCUT2D eigenvalue weighted by atomic mass is 9.95. The van der Waals surface area contributed by atoms with E-state index in [1.165, 1.54) is 4.90 Å². The van der Waals surface area contributed by atoms with Gasteiger partial charge in [-0.1, -0.05) is 53.3 Å². The van der Waals surface area contributed by atoms with Gasteiger partial charge in [0.25, 0.3) is 5.78 Å². The number of benzene rings is 2. The average molecular weight is 507 g/mol. The third-order valence-corrected chi connectivity index (χ3v) is 6.87. The lowest BCUT2D eigenvalue weighted by Gasteiger charge is -2.23. The van der Waals surface area contributed by atoms with Crippen LogP contribution in [0.5, 0.6) is 5.75 Å². The Morgan fingerprint density at radius 2 is 1.69 bits per heavy atom. The number of ether oxygens (including phenoxy) is 2. The number of aliphatic hydroxyl groups is 1. The highest BCUT2D eigenvalue weighted by Crippen LogP contribution is 2.44. The van der Waals surface area contributed by atoms with Crippen molar-refractivity contribution in [3.63, 3.8) is 0 Å². The Hall–Kier alpha value is -3.98. The van der Waals surface area contributed by atoms with E-state index in [0.717, 1.165) is 16.9 Å². The monoisotopic (exact) mass is 506 g/mol. The van der Waals surface area contributed by atoms with Crippen molar-refractivity contribution in [2.45, 2.75) is 33.7 Å². The van der Waals surface area contributed by atoms with Gasteiger partial charge in [-0.05, 0) is 45.4 Å². The second-order valence-electron chi connectivity index (χ2n) is 8.17. The zero-order chi connectivity index (χ0) is 26.0. The highest BCUT2D eigenvalue weighted by Gasteiger charge is 2.48. The number of hydrogen-bond donors (Lipinski definition) is 1. The SMILES string of the molecule is CCOC(=O)c1sc(N2C(=O)C(=O)C(=C(O)c3ccc(C)cc3)[C@H]2c2ccc(OCC)cc2)nc1C. The summed E-state index contributed by atoms with van der Waals surface area (Å²) in [7, 11) is 0. The number of aryl methyl sites for hydroxylation is 2. The number of aliphatic hydroxyl groups excluding tert-OH is 1. The van der Waals surface area contributed by atoms with Gasteiger partial charge in [-0.3, -0.25) is 14.5 Å². The van der Waals surface area contributed by atoms with Crippen LogP contribution < -0.4 is 9.64 Å². The number of anilines is 1. The van der Waals surface area contributed by atoms with Crippen molar-refractivity contribution in [3.8, 4) is 5.75 Å². The Labute approximate surface area is 212 Å². The highest BCUT2D eigenvalue weighted by molar-refractivity contribution is 7.17. The molecule has 3 aromatic rings. The number of ketones is 1. The third kappa shape index (κ3) is 4.61. The van der Waals surface area contributed by atoms with Crippen LogP contribution >= 0.6 is 11.3 Å². The normalized spacial score (nSPS) is 16.9. The van der Waals surface area contributed by atoms with Crippen LogP contribution in [0, 0.1) is 13.8 Å². The van der Waals surface area contributed by atoms with E-state index in [1.54, 1.807) is 50.2 Å². The molecule has 0 bridgehead atoms. The van der Waals surface area contributed by atoms with Crippen LogP contribution in [-0.2, 0) is 14.3 Å². The predicted octanol–water partition coefficient (Wildman–Crippen LogP) is 4.96. The molecule has 2 aromatic carbocycles. The molecule has 9 heteroatoms. The van der Waals surface area contributed by atoms with Gasteiger partial charge in [-0.15, -0.1) is 0 Å². The van der Waals surface area contributed by atoms with E-state index in [-0.39, 0.29) is 27.9 Å². The molecule has 2 heterocycles. The number of thiazole rings is 1. The van der Waals surface area contributed by atoms with Crippen molar-refractivity contribution in [2.24, 2.45) is 0 Å². The second-order valence-corrected chi connectivity index (χ2v) is 9.15. The summed E-state index contributed by atoms with van der Waals surface area (Å²) in [6.07, 6.45) is 0. The van der Waals surface area contributed by atoms with Crippen LogP contribution in [-0.4, -0.2) is 41.0 Å². The topological polar surface area (TPSA) is 106 Å². The number of carbonyl (C=O) groups is 3. The minimum Gasteiger partial charge on any atom is -0.507 e. The summed E-state index contributed by atoms with van der Waals surface area (Å²) in [5.74, 6) is -1.88. The molecule has 1 aromatic heterocycles. The number of hydrogen-bond acceptors (Lipinski definition) is 8. The maximum absolute atomic E-state index is 13.3. The Morgan fingerprint density at radius 3 is 2.31 bits per heavy atom. The summed E-state index contributed by atoms with van der Waals surface area (Å²) < 4.78 is 10.6. The summed E-state index contributed by atoms with van der Waals surface area (Å²) in [6, 6.07) is 13.0. The van der Waals surface area contributed by atoms with Crippen molar-refractivity contribution in [2.75, 3.05) is 18.1 Å². The zero-order valence-corrected chi connectivity index (χ0v) is 21.2. The number of amides is 1. The molecule has 1 fully saturated rings. The maximum atomic E-state index is 13.3. The van der Waals surface area contributed by atoms with Gasteiger partial charge in [0.1, 0.15) is 16.4 Å². The molecule has 1 amide bonds. The molecular formula is C27H26N2O6S. The summed E-state index contributed by atoms with van der Waals surface area (Å²) in [5.41, 5.74) is 2.31. The summed E-state index contributed by atoms with van der Waals surface area (Å²) in [5, 5.41) is 11.4. The largest absolute Gasteiger partial charge is 0.507 e. The summed E-state index contributed by atoms with van der Waals surface area (Å²) >= 11 is 0.970. The maximum Gasteiger partial charge on any atom is 0.350 e. The zero-order valence-electron chi connectivity index (χ0n) is 20.4. The minimum atomic E-state index is -0.956. The fourth-order valence-electron chi connectivity index (χ4n) is 4.00. The second kappa shape index (κ2) is 10.3. The van der Waals surface area contributed by atoms with Gasteiger partial charge < -0.3 is 14.6 Å². The molecule has 1 atom stereocenters. The molecule has 36 heavy (non-hydrogen) atoms. The fraction of sp³-hybridized carbons (Fsp3) is 0.259. The molecule has 0 saturated carbocycles. The predicted molar refractivity (Wildman–Crippen MR) is 136 cm³/mol. The van der Waals surface area contributed by atoms with Crippen molar-refractivity contribution < 1.29 is 29.0 Å². The molecule has 186 valence electrons. The minimum absolute atomic E-state index is 0.0569. The lowest BCUT2D eigenvalue weighted by molar-refractivity contribution is -0.132. The van der Waals surface area contributed by atoms with E-state index in [0.29, 0.717) is 29.2 Å². The average Bonchev–Trinajstić information content (AvgIpc) is 3.37. The van der Waals surface area contributed by atoms with Crippen LogP contribution in [0.25, 0.3) is 5.76 Å². The van der Waals surface area contributed by atoms with Crippen molar-refractivity contribution in [1.29, 1.82) is 0 Å². The number of aromatic nitrogens is 1. The molecular weight excluding hydrogens is 480 g/mol. The van der Waals surface area contributed by atoms with Crippen LogP contribution in [0.3, 0.4) is 0 Å². The third-order valence-electron chi connectivity index (χ3n) is 5.73. The quantitative estimate of drug-likeness (QED) is 0.209. The van der Waals surface area contributed by atoms with Gasteiger partial charge in [0, 0.05) is 5.56 Å². The molecule has 0 radical (unpaired) electrons. The van der Waals surface area contributed by atoms with Gasteiger partial charge in [0.2, 0.25) is 0 Å². The van der Waals surface area contributed by atoms with E-state index in [4.69, 9.17) is 9.47 Å². The molecule has 0 aliphatic carbocycles. The number of carbonyl (C=O) groups excluding carboxylic acids is 3. The van der Waals surface area contributed by atoms with Crippen molar-refractivity contribution in [1.82, 2.24) is 4.98 Å². The van der Waals surface area contributed by atoms with Gasteiger partial charge >= 0.3 is 11.9 Å². The van der Waals surface area contributed by atoms with Crippen LogP contribution in [0.2, 0.25) is 0 Å².